The van der Waals surface area contributed by atoms with Gasteiger partial charge in [-0.15, -0.1) is 0 Å². The highest BCUT2D eigenvalue weighted by Gasteiger charge is 2.30. The number of allylic oxidation sites excluding steroid dienone is 1. The van der Waals surface area contributed by atoms with Crippen LogP contribution in [0.3, 0.4) is 0 Å². The van der Waals surface area contributed by atoms with E-state index in [2.05, 4.69) is 18.8 Å². The van der Waals surface area contributed by atoms with Crippen LogP contribution in [0.5, 0.6) is 0 Å². The standard InChI is InChI=1S/C14H14F3N/c1-13(2)8-7-12(18-9-13)10-3-5-11(6-4-10)14(15,16)17/h3-8H,9H2,1-2H3. The monoisotopic (exact) mass is 253 g/mol. The van der Waals surface area contributed by atoms with E-state index in [-0.39, 0.29) is 5.41 Å². The van der Waals surface area contributed by atoms with E-state index in [1.54, 1.807) is 0 Å². The van der Waals surface area contributed by atoms with Crippen LogP contribution < -0.4 is 0 Å². The molecule has 18 heavy (non-hydrogen) atoms. The Bertz CT molecular complexity index is 493. The number of benzene rings is 1. The Balaban J connectivity index is 2.22. The summed E-state index contributed by atoms with van der Waals surface area (Å²) >= 11 is 0. The van der Waals surface area contributed by atoms with Crippen LogP contribution in [0.4, 0.5) is 13.2 Å². The molecule has 0 saturated heterocycles. The van der Waals surface area contributed by atoms with E-state index >= 15 is 0 Å². The van der Waals surface area contributed by atoms with Crippen molar-refractivity contribution in [2.24, 2.45) is 10.4 Å². The first-order valence-electron chi connectivity index (χ1n) is 5.69. The highest BCUT2D eigenvalue weighted by molar-refractivity contribution is 6.09. The van der Waals surface area contributed by atoms with Crippen molar-refractivity contribution in [3.05, 3.63) is 47.5 Å². The largest absolute Gasteiger partial charge is 0.416 e. The molecule has 1 aromatic rings. The van der Waals surface area contributed by atoms with Crippen molar-refractivity contribution in [3.8, 4) is 0 Å². The lowest BCUT2D eigenvalue weighted by Gasteiger charge is -2.22. The van der Waals surface area contributed by atoms with Gasteiger partial charge in [-0.25, -0.2) is 0 Å². The van der Waals surface area contributed by atoms with Gasteiger partial charge in [0.15, 0.2) is 0 Å². The molecular weight excluding hydrogens is 239 g/mol. The van der Waals surface area contributed by atoms with Crippen LogP contribution >= 0.6 is 0 Å². The van der Waals surface area contributed by atoms with Crippen LogP contribution in [0, 0.1) is 5.41 Å². The summed E-state index contributed by atoms with van der Waals surface area (Å²) in [7, 11) is 0. The summed E-state index contributed by atoms with van der Waals surface area (Å²) in [5.74, 6) is 0. The summed E-state index contributed by atoms with van der Waals surface area (Å²) in [5, 5.41) is 0. The minimum absolute atomic E-state index is 0.0232. The van der Waals surface area contributed by atoms with Crippen LogP contribution in [0.15, 0.2) is 41.4 Å². The summed E-state index contributed by atoms with van der Waals surface area (Å²) in [6.45, 7) is 4.78. The summed E-state index contributed by atoms with van der Waals surface area (Å²) in [6, 6.07) is 5.10. The first kappa shape index (κ1) is 12.9. The number of rotatable bonds is 1. The van der Waals surface area contributed by atoms with E-state index in [4.69, 9.17) is 0 Å². The molecule has 1 aliphatic heterocycles. The molecule has 0 aliphatic carbocycles. The molecule has 0 unspecified atom stereocenters. The second-order valence-corrected chi connectivity index (χ2v) is 5.10. The Kier molecular flexibility index (Phi) is 3.05. The third-order valence-corrected chi connectivity index (χ3v) is 2.86. The van der Waals surface area contributed by atoms with Gasteiger partial charge in [0.05, 0.1) is 11.3 Å². The molecular formula is C14H14F3N. The molecule has 1 aromatic carbocycles. The zero-order valence-corrected chi connectivity index (χ0v) is 10.3. The van der Waals surface area contributed by atoms with E-state index < -0.39 is 11.7 Å². The van der Waals surface area contributed by atoms with Gasteiger partial charge in [0.2, 0.25) is 0 Å². The molecule has 96 valence electrons. The lowest BCUT2D eigenvalue weighted by molar-refractivity contribution is -0.137. The summed E-state index contributed by atoms with van der Waals surface area (Å²) in [4.78, 5) is 4.39. The van der Waals surface area contributed by atoms with E-state index in [0.29, 0.717) is 6.54 Å². The number of alkyl halides is 3. The third-order valence-electron chi connectivity index (χ3n) is 2.86. The van der Waals surface area contributed by atoms with Gasteiger partial charge >= 0.3 is 6.18 Å². The highest BCUT2D eigenvalue weighted by Crippen LogP contribution is 2.29. The van der Waals surface area contributed by atoms with Crippen molar-refractivity contribution in [2.75, 3.05) is 6.54 Å². The lowest BCUT2D eigenvalue weighted by atomic mass is 9.89. The SMILES string of the molecule is CC1(C)C=CC(c2ccc(C(F)(F)F)cc2)=NC1. The van der Waals surface area contributed by atoms with Crippen LogP contribution in [0.1, 0.15) is 25.0 Å². The van der Waals surface area contributed by atoms with Gasteiger partial charge in [-0.3, -0.25) is 4.99 Å². The fraction of sp³-hybridized carbons (Fsp3) is 0.357. The Hall–Kier alpha value is -1.58. The normalized spacial score (nSPS) is 18.6. The van der Waals surface area contributed by atoms with Gasteiger partial charge in [0.25, 0.3) is 0 Å². The summed E-state index contributed by atoms with van der Waals surface area (Å²) < 4.78 is 37.3. The molecule has 0 amide bonds. The van der Waals surface area contributed by atoms with Crippen LogP contribution in [-0.4, -0.2) is 12.3 Å². The maximum absolute atomic E-state index is 12.4. The fourth-order valence-electron chi connectivity index (χ4n) is 1.72. The Morgan fingerprint density at radius 3 is 2.17 bits per heavy atom. The summed E-state index contributed by atoms with van der Waals surface area (Å²) in [5.41, 5.74) is 0.847. The molecule has 0 spiro atoms. The van der Waals surface area contributed by atoms with Crippen molar-refractivity contribution in [1.29, 1.82) is 0 Å². The lowest BCUT2D eigenvalue weighted by Crippen LogP contribution is -2.18. The van der Waals surface area contributed by atoms with Crippen LogP contribution in [0.25, 0.3) is 0 Å². The smallest absolute Gasteiger partial charge is 0.284 e. The molecule has 0 saturated carbocycles. The van der Waals surface area contributed by atoms with Crippen molar-refractivity contribution in [2.45, 2.75) is 20.0 Å². The van der Waals surface area contributed by atoms with Crippen molar-refractivity contribution < 1.29 is 13.2 Å². The second-order valence-electron chi connectivity index (χ2n) is 5.10. The Morgan fingerprint density at radius 2 is 1.72 bits per heavy atom. The number of halogens is 3. The fourth-order valence-corrected chi connectivity index (χ4v) is 1.72. The van der Waals surface area contributed by atoms with E-state index in [1.165, 1.54) is 12.1 Å². The van der Waals surface area contributed by atoms with Crippen molar-refractivity contribution >= 4 is 5.71 Å². The van der Waals surface area contributed by atoms with Gasteiger partial charge in [0.1, 0.15) is 0 Å². The third kappa shape index (κ3) is 2.81. The maximum Gasteiger partial charge on any atom is 0.416 e. The molecule has 0 N–H and O–H groups in total. The van der Waals surface area contributed by atoms with Gasteiger partial charge < -0.3 is 0 Å². The quantitative estimate of drug-likeness (QED) is 0.714. The first-order chi connectivity index (χ1) is 8.28. The molecule has 2 rings (SSSR count). The zero-order chi connectivity index (χ0) is 13.4. The van der Waals surface area contributed by atoms with E-state index in [0.717, 1.165) is 23.4 Å². The maximum atomic E-state index is 12.4. The van der Waals surface area contributed by atoms with Crippen LogP contribution in [-0.2, 0) is 6.18 Å². The average Bonchev–Trinajstić information content (AvgIpc) is 2.28. The zero-order valence-electron chi connectivity index (χ0n) is 10.3. The molecule has 0 aromatic heterocycles. The molecule has 1 nitrogen and oxygen atoms in total. The molecule has 0 fully saturated rings. The highest BCUT2D eigenvalue weighted by atomic mass is 19.4. The number of dihydropyridines is 1. The summed E-state index contributed by atoms with van der Waals surface area (Å²) in [6.07, 6.45) is -0.385. The van der Waals surface area contributed by atoms with E-state index in [1.807, 2.05) is 12.2 Å². The molecule has 1 heterocycles. The molecule has 0 bridgehead atoms. The van der Waals surface area contributed by atoms with E-state index in [9.17, 15) is 13.2 Å². The van der Waals surface area contributed by atoms with Gasteiger partial charge in [-0.2, -0.15) is 13.2 Å². The Morgan fingerprint density at radius 1 is 1.11 bits per heavy atom. The van der Waals surface area contributed by atoms with Crippen molar-refractivity contribution in [1.82, 2.24) is 0 Å². The first-order valence-corrected chi connectivity index (χ1v) is 5.69. The molecule has 0 atom stereocenters. The molecule has 0 radical (unpaired) electrons. The minimum Gasteiger partial charge on any atom is -0.284 e. The predicted octanol–water partition coefficient (Wildman–Crippen LogP) is 4.09. The molecule has 1 aliphatic rings. The number of hydrogen-bond acceptors (Lipinski definition) is 1. The average molecular weight is 253 g/mol. The van der Waals surface area contributed by atoms with Crippen molar-refractivity contribution in [3.63, 3.8) is 0 Å². The number of aliphatic imine (C=N–C) groups is 1. The van der Waals surface area contributed by atoms with Gasteiger partial charge in [-0.05, 0) is 23.8 Å². The number of hydrogen-bond donors (Lipinski definition) is 0. The Labute approximate surface area is 104 Å². The van der Waals surface area contributed by atoms with Crippen LogP contribution in [0.2, 0.25) is 0 Å². The predicted molar refractivity (Wildman–Crippen MR) is 65.8 cm³/mol. The second kappa shape index (κ2) is 4.26. The topological polar surface area (TPSA) is 12.4 Å². The van der Waals surface area contributed by atoms with Gasteiger partial charge in [-0.1, -0.05) is 32.1 Å². The minimum atomic E-state index is -4.29. The molecule has 4 heteroatoms. The van der Waals surface area contributed by atoms with Gasteiger partial charge in [0, 0.05) is 12.0 Å². The number of nitrogens with zero attached hydrogens (tertiary/aromatic N) is 1.